The summed E-state index contributed by atoms with van der Waals surface area (Å²) in [6, 6.07) is 5.76. The first-order chi connectivity index (χ1) is 14.9. The van der Waals surface area contributed by atoms with Gasteiger partial charge in [-0.05, 0) is 99.0 Å². The molecule has 5 rings (SSSR count). The molecular formula is C24H30ClNO4S. The number of halogens is 1. The zero-order chi connectivity index (χ0) is 22.0. The fourth-order valence-corrected chi connectivity index (χ4v) is 6.74. The highest BCUT2D eigenvalue weighted by Crippen LogP contribution is 2.60. The molecule has 1 aromatic rings. The third-order valence-electron chi connectivity index (χ3n) is 7.23. The van der Waals surface area contributed by atoms with Gasteiger partial charge in [-0.2, -0.15) is 11.8 Å². The Morgan fingerprint density at radius 3 is 2.23 bits per heavy atom. The van der Waals surface area contributed by atoms with E-state index in [1.54, 1.807) is 36.0 Å². The van der Waals surface area contributed by atoms with E-state index in [0.29, 0.717) is 34.8 Å². The standard InChI is InChI=1S/C24H30ClNO4S/c1-31-7-6-20(22(28)30-14-21(27)18-2-4-19(25)5-3-18)26-23(29)24-11-15-8-16(12-24)10-17(9-15)13-24/h2-5,15-17,20H,6-14H2,1H3,(H,26,29)/t15?,16?,17?,20-,24?/m0/s1. The summed E-state index contributed by atoms with van der Waals surface area (Å²) in [6.07, 6.45) is 9.09. The van der Waals surface area contributed by atoms with E-state index in [2.05, 4.69) is 5.32 Å². The van der Waals surface area contributed by atoms with Gasteiger partial charge in [-0.25, -0.2) is 4.79 Å². The smallest absolute Gasteiger partial charge is 0.329 e. The van der Waals surface area contributed by atoms with Gasteiger partial charge in [0.2, 0.25) is 5.91 Å². The van der Waals surface area contributed by atoms with E-state index in [1.165, 1.54) is 19.3 Å². The van der Waals surface area contributed by atoms with Crippen LogP contribution in [-0.2, 0) is 14.3 Å². The Labute approximate surface area is 193 Å². The Bertz CT molecular complexity index is 805. The maximum Gasteiger partial charge on any atom is 0.329 e. The molecule has 168 valence electrons. The average Bonchev–Trinajstić information content (AvgIpc) is 2.74. The second-order valence-electron chi connectivity index (χ2n) is 9.54. The topological polar surface area (TPSA) is 72.5 Å². The lowest BCUT2D eigenvalue weighted by Gasteiger charge is -2.55. The van der Waals surface area contributed by atoms with Gasteiger partial charge < -0.3 is 10.1 Å². The number of benzene rings is 1. The minimum absolute atomic E-state index is 0.0127. The summed E-state index contributed by atoms with van der Waals surface area (Å²) < 4.78 is 5.32. The minimum atomic E-state index is -0.717. The van der Waals surface area contributed by atoms with E-state index < -0.39 is 12.0 Å². The summed E-state index contributed by atoms with van der Waals surface area (Å²) in [7, 11) is 0. The van der Waals surface area contributed by atoms with Gasteiger partial charge >= 0.3 is 5.97 Å². The third-order valence-corrected chi connectivity index (χ3v) is 8.13. The van der Waals surface area contributed by atoms with Crippen LogP contribution >= 0.6 is 23.4 Å². The number of ether oxygens (including phenoxy) is 1. The molecule has 7 heteroatoms. The number of esters is 1. The second kappa shape index (κ2) is 9.53. The van der Waals surface area contributed by atoms with Crippen LogP contribution in [0, 0.1) is 23.2 Å². The number of Topliss-reactive ketones (excluding diaryl/α,β-unsaturated/α-hetero) is 1. The average molecular weight is 464 g/mol. The van der Waals surface area contributed by atoms with Gasteiger partial charge in [-0.15, -0.1) is 0 Å². The monoisotopic (exact) mass is 463 g/mol. The third kappa shape index (κ3) is 5.11. The Hall–Kier alpha value is -1.53. The van der Waals surface area contributed by atoms with Crippen LogP contribution in [0.2, 0.25) is 5.02 Å². The van der Waals surface area contributed by atoms with E-state index in [4.69, 9.17) is 16.3 Å². The molecule has 5 nitrogen and oxygen atoms in total. The molecule has 1 aromatic carbocycles. The van der Waals surface area contributed by atoms with Gasteiger partial charge in [0.1, 0.15) is 6.04 Å². The van der Waals surface area contributed by atoms with Crippen LogP contribution in [0.15, 0.2) is 24.3 Å². The molecule has 4 aliphatic carbocycles. The number of ketones is 1. The van der Waals surface area contributed by atoms with Crippen molar-refractivity contribution in [1.82, 2.24) is 5.32 Å². The second-order valence-corrected chi connectivity index (χ2v) is 11.0. The summed E-state index contributed by atoms with van der Waals surface area (Å²) in [4.78, 5) is 38.5. The molecule has 1 N–H and O–H groups in total. The van der Waals surface area contributed by atoms with Gasteiger partial charge in [-0.1, -0.05) is 11.6 Å². The van der Waals surface area contributed by atoms with Crippen molar-refractivity contribution >= 4 is 41.0 Å². The molecule has 0 heterocycles. The zero-order valence-corrected chi connectivity index (χ0v) is 19.5. The zero-order valence-electron chi connectivity index (χ0n) is 17.9. The molecule has 0 spiro atoms. The Morgan fingerprint density at radius 2 is 1.68 bits per heavy atom. The highest BCUT2D eigenvalue weighted by Gasteiger charge is 2.55. The Balaban J connectivity index is 1.37. The number of rotatable bonds is 9. The first-order valence-electron chi connectivity index (χ1n) is 11.1. The molecule has 1 atom stereocenters. The van der Waals surface area contributed by atoms with Crippen LogP contribution < -0.4 is 5.32 Å². The lowest BCUT2D eigenvalue weighted by atomic mass is 9.49. The van der Waals surface area contributed by atoms with Crippen LogP contribution in [0.5, 0.6) is 0 Å². The van der Waals surface area contributed by atoms with Crippen molar-refractivity contribution in [1.29, 1.82) is 0 Å². The molecule has 31 heavy (non-hydrogen) atoms. The van der Waals surface area contributed by atoms with E-state index in [9.17, 15) is 14.4 Å². The van der Waals surface area contributed by atoms with Gasteiger partial charge in [-0.3, -0.25) is 9.59 Å². The van der Waals surface area contributed by atoms with E-state index in [0.717, 1.165) is 25.0 Å². The van der Waals surface area contributed by atoms with Gasteiger partial charge in [0.15, 0.2) is 12.4 Å². The molecule has 4 aliphatic rings. The van der Waals surface area contributed by atoms with E-state index in [-0.39, 0.29) is 23.7 Å². The molecule has 0 saturated heterocycles. The van der Waals surface area contributed by atoms with E-state index in [1.807, 2.05) is 6.26 Å². The molecule has 4 bridgehead atoms. The highest BCUT2D eigenvalue weighted by atomic mass is 35.5. The molecule has 0 aliphatic heterocycles. The summed E-state index contributed by atoms with van der Waals surface area (Å²) in [5.41, 5.74) is 0.127. The molecule has 0 aromatic heterocycles. The van der Waals surface area contributed by atoms with Crippen LogP contribution in [0.3, 0.4) is 0 Å². The largest absolute Gasteiger partial charge is 0.456 e. The molecule has 1 amide bonds. The summed E-state index contributed by atoms with van der Waals surface area (Å²) in [6.45, 7) is -0.344. The molecule has 4 saturated carbocycles. The summed E-state index contributed by atoms with van der Waals surface area (Å²) in [5.74, 6) is 1.89. The maximum absolute atomic E-state index is 13.4. The van der Waals surface area contributed by atoms with Crippen molar-refractivity contribution in [3.8, 4) is 0 Å². The van der Waals surface area contributed by atoms with Crippen molar-refractivity contribution in [2.24, 2.45) is 23.2 Å². The number of nitrogens with one attached hydrogen (secondary N) is 1. The number of hydrogen-bond donors (Lipinski definition) is 1. The van der Waals surface area contributed by atoms with Crippen LogP contribution in [0.1, 0.15) is 55.3 Å². The summed E-state index contributed by atoms with van der Waals surface area (Å²) >= 11 is 7.47. The van der Waals surface area contributed by atoms with Crippen molar-refractivity contribution in [2.75, 3.05) is 18.6 Å². The lowest BCUT2D eigenvalue weighted by Crippen LogP contribution is -2.56. The van der Waals surface area contributed by atoms with Crippen molar-refractivity contribution in [3.63, 3.8) is 0 Å². The maximum atomic E-state index is 13.4. The predicted octanol–water partition coefficient (Wildman–Crippen LogP) is 4.52. The first kappa shape index (κ1) is 22.7. The quantitative estimate of drug-likeness (QED) is 0.430. The van der Waals surface area contributed by atoms with Crippen molar-refractivity contribution in [2.45, 2.75) is 51.0 Å². The number of carbonyl (C=O) groups excluding carboxylic acids is 3. The molecule has 0 unspecified atom stereocenters. The molecule has 0 radical (unpaired) electrons. The highest BCUT2D eigenvalue weighted by molar-refractivity contribution is 7.98. The molecular weight excluding hydrogens is 434 g/mol. The number of thioether (sulfide) groups is 1. The summed E-state index contributed by atoms with van der Waals surface area (Å²) in [5, 5.41) is 3.56. The van der Waals surface area contributed by atoms with Crippen molar-refractivity contribution < 1.29 is 19.1 Å². The van der Waals surface area contributed by atoms with Crippen LogP contribution in [0.25, 0.3) is 0 Å². The van der Waals surface area contributed by atoms with Gasteiger partial charge in [0, 0.05) is 16.0 Å². The van der Waals surface area contributed by atoms with Gasteiger partial charge in [0.25, 0.3) is 0 Å². The van der Waals surface area contributed by atoms with Crippen LogP contribution in [-0.4, -0.2) is 42.3 Å². The minimum Gasteiger partial charge on any atom is -0.456 e. The number of hydrogen-bond acceptors (Lipinski definition) is 5. The lowest BCUT2D eigenvalue weighted by molar-refractivity contribution is -0.153. The predicted molar refractivity (Wildman–Crippen MR) is 122 cm³/mol. The van der Waals surface area contributed by atoms with E-state index >= 15 is 0 Å². The fourth-order valence-electron chi connectivity index (χ4n) is 6.14. The van der Waals surface area contributed by atoms with Crippen molar-refractivity contribution in [3.05, 3.63) is 34.9 Å². The first-order valence-corrected chi connectivity index (χ1v) is 12.9. The molecule has 4 fully saturated rings. The number of carbonyl (C=O) groups is 3. The Morgan fingerprint density at radius 1 is 1.10 bits per heavy atom. The normalized spacial score (nSPS) is 29.4. The Kier molecular flexibility index (Phi) is 6.97. The number of amides is 1. The van der Waals surface area contributed by atoms with Crippen LogP contribution in [0.4, 0.5) is 0 Å². The SMILES string of the molecule is CSCC[C@H](NC(=O)C12CC3CC(CC(C3)C1)C2)C(=O)OCC(=O)c1ccc(Cl)cc1. The fraction of sp³-hybridized carbons (Fsp3) is 0.625. The van der Waals surface area contributed by atoms with Gasteiger partial charge in [0.05, 0.1) is 0 Å².